The van der Waals surface area contributed by atoms with Gasteiger partial charge in [0.1, 0.15) is 5.69 Å². The summed E-state index contributed by atoms with van der Waals surface area (Å²) >= 11 is 0. The first-order valence-electron chi connectivity index (χ1n) is 8.74. The van der Waals surface area contributed by atoms with Gasteiger partial charge in [-0.25, -0.2) is 0 Å². The normalized spacial score (nSPS) is 12.5. The SMILES string of the molecule is CC(C)Cc1ccc([C@@H](C)NC(=O)Cc2noc3ccccc23)cc1. The molecule has 0 unspecified atom stereocenters. The van der Waals surface area contributed by atoms with Gasteiger partial charge in [-0.2, -0.15) is 0 Å². The van der Waals surface area contributed by atoms with Crippen molar-refractivity contribution in [3.05, 3.63) is 65.4 Å². The van der Waals surface area contributed by atoms with Crippen molar-refractivity contribution in [1.82, 2.24) is 10.5 Å². The predicted molar refractivity (Wildman–Crippen MR) is 99.3 cm³/mol. The fraction of sp³-hybridized carbons (Fsp3) is 0.333. The van der Waals surface area contributed by atoms with Gasteiger partial charge >= 0.3 is 0 Å². The topological polar surface area (TPSA) is 55.1 Å². The van der Waals surface area contributed by atoms with E-state index in [-0.39, 0.29) is 18.4 Å². The Labute approximate surface area is 148 Å². The van der Waals surface area contributed by atoms with Crippen LogP contribution in [0.1, 0.15) is 43.6 Å². The molecule has 0 bridgehead atoms. The number of benzene rings is 2. The van der Waals surface area contributed by atoms with Crippen LogP contribution in [0.2, 0.25) is 0 Å². The van der Waals surface area contributed by atoms with Crippen LogP contribution in [0.5, 0.6) is 0 Å². The fourth-order valence-electron chi connectivity index (χ4n) is 3.01. The molecular formula is C21H24N2O2. The molecule has 2 aromatic carbocycles. The van der Waals surface area contributed by atoms with Crippen LogP contribution in [0.15, 0.2) is 53.1 Å². The standard InChI is InChI=1S/C21H24N2O2/c1-14(2)12-16-8-10-17(11-9-16)15(3)22-21(24)13-19-18-6-4-5-7-20(18)25-23-19/h4-11,14-15H,12-13H2,1-3H3,(H,22,24)/t15-/m1/s1. The third-order valence-corrected chi connectivity index (χ3v) is 4.28. The van der Waals surface area contributed by atoms with E-state index in [1.807, 2.05) is 31.2 Å². The van der Waals surface area contributed by atoms with Gasteiger partial charge in [-0.1, -0.05) is 55.4 Å². The zero-order valence-electron chi connectivity index (χ0n) is 15.0. The number of nitrogens with zero attached hydrogens (tertiary/aromatic N) is 1. The van der Waals surface area contributed by atoms with Crippen molar-refractivity contribution in [2.45, 2.75) is 39.7 Å². The van der Waals surface area contributed by atoms with Crippen LogP contribution in [0.3, 0.4) is 0 Å². The molecule has 3 aromatic rings. The fourth-order valence-corrected chi connectivity index (χ4v) is 3.01. The van der Waals surface area contributed by atoms with E-state index in [2.05, 4.69) is 48.6 Å². The van der Waals surface area contributed by atoms with Gasteiger partial charge in [0, 0.05) is 5.39 Å². The van der Waals surface area contributed by atoms with E-state index in [0.29, 0.717) is 17.2 Å². The van der Waals surface area contributed by atoms with Crippen molar-refractivity contribution < 1.29 is 9.32 Å². The van der Waals surface area contributed by atoms with Crippen LogP contribution in [0, 0.1) is 5.92 Å². The highest BCUT2D eigenvalue weighted by Crippen LogP contribution is 2.19. The predicted octanol–water partition coefficient (Wildman–Crippen LogP) is 4.45. The molecule has 130 valence electrons. The summed E-state index contributed by atoms with van der Waals surface area (Å²) in [6.45, 7) is 6.42. The highest BCUT2D eigenvalue weighted by Gasteiger charge is 2.14. The molecule has 1 amide bonds. The van der Waals surface area contributed by atoms with Crippen LogP contribution >= 0.6 is 0 Å². The zero-order valence-corrected chi connectivity index (χ0v) is 15.0. The number of carbonyl (C=O) groups is 1. The number of para-hydroxylation sites is 1. The monoisotopic (exact) mass is 336 g/mol. The molecule has 0 spiro atoms. The lowest BCUT2D eigenvalue weighted by Gasteiger charge is -2.15. The van der Waals surface area contributed by atoms with Crippen LogP contribution < -0.4 is 5.32 Å². The molecule has 1 atom stereocenters. The van der Waals surface area contributed by atoms with E-state index in [0.717, 1.165) is 17.4 Å². The van der Waals surface area contributed by atoms with Crippen molar-refractivity contribution in [2.24, 2.45) is 5.92 Å². The third kappa shape index (κ3) is 4.27. The van der Waals surface area contributed by atoms with E-state index in [9.17, 15) is 4.79 Å². The first-order chi connectivity index (χ1) is 12.0. The number of carbonyl (C=O) groups excluding carboxylic acids is 1. The lowest BCUT2D eigenvalue weighted by atomic mass is 10.00. The molecule has 0 saturated carbocycles. The third-order valence-electron chi connectivity index (χ3n) is 4.28. The van der Waals surface area contributed by atoms with Gasteiger partial charge in [0.25, 0.3) is 0 Å². The number of amides is 1. The number of fused-ring (bicyclic) bond motifs is 1. The molecule has 0 aliphatic carbocycles. The molecule has 4 heteroatoms. The molecular weight excluding hydrogens is 312 g/mol. The van der Waals surface area contributed by atoms with Gasteiger partial charge in [0.2, 0.25) is 5.91 Å². The van der Waals surface area contributed by atoms with Crippen molar-refractivity contribution in [1.29, 1.82) is 0 Å². The summed E-state index contributed by atoms with van der Waals surface area (Å²) in [6.07, 6.45) is 1.28. The molecule has 0 saturated heterocycles. The zero-order chi connectivity index (χ0) is 17.8. The minimum atomic E-state index is -0.0576. The first kappa shape index (κ1) is 17.2. The number of aromatic nitrogens is 1. The van der Waals surface area contributed by atoms with Gasteiger partial charge in [-0.15, -0.1) is 0 Å². The Morgan fingerprint density at radius 2 is 1.80 bits per heavy atom. The lowest BCUT2D eigenvalue weighted by molar-refractivity contribution is -0.121. The smallest absolute Gasteiger partial charge is 0.226 e. The minimum Gasteiger partial charge on any atom is -0.356 e. The van der Waals surface area contributed by atoms with E-state index >= 15 is 0 Å². The Hall–Kier alpha value is -2.62. The summed E-state index contributed by atoms with van der Waals surface area (Å²) in [7, 11) is 0. The quantitative estimate of drug-likeness (QED) is 0.724. The molecule has 1 heterocycles. The number of rotatable bonds is 6. The maximum Gasteiger partial charge on any atom is 0.226 e. The Kier molecular flexibility index (Phi) is 5.17. The van der Waals surface area contributed by atoms with Gasteiger partial charge in [-0.05, 0) is 42.5 Å². The molecule has 0 aliphatic rings. The van der Waals surface area contributed by atoms with Gasteiger partial charge in [0.05, 0.1) is 12.5 Å². The maximum absolute atomic E-state index is 12.4. The van der Waals surface area contributed by atoms with Crippen LogP contribution in [0.25, 0.3) is 11.0 Å². The molecule has 0 aliphatic heterocycles. The number of hydrogen-bond donors (Lipinski definition) is 1. The van der Waals surface area contributed by atoms with Crippen molar-refractivity contribution in [2.75, 3.05) is 0 Å². The molecule has 0 fully saturated rings. The highest BCUT2D eigenvalue weighted by molar-refractivity contribution is 5.86. The molecule has 0 radical (unpaired) electrons. The molecule has 1 aromatic heterocycles. The van der Waals surface area contributed by atoms with Gasteiger partial charge < -0.3 is 9.84 Å². The average Bonchev–Trinajstić information content (AvgIpc) is 2.98. The summed E-state index contributed by atoms with van der Waals surface area (Å²) < 4.78 is 5.25. The minimum absolute atomic E-state index is 0.0428. The summed E-state index contributed by atoms with van der Waals surface area (Å²) in [4.78, 5) is 12.4. The van der Waals surface area contributed by atoms with Crippen LogP contribution in [0.4, 0.5) is 0 Å². The molecule has 1 N–H and O–H groups in total. The Balaban J connectivity index is 1.62. The van der Waals surface area contributed by atoms with Crippen molar-refractivity contribution in [3.63, 3.8) is 0 Å². The second-order valence-electron chi connectivity index (χ2n) is 6.93. The summed E-state index contributed by atoms with van der Waals surface area (Å²) in [5.41, 5.74) is 3.81. The Bertz CT molecular complexity index is 850. The van der Waals surface area contributed by atoms with Crippen molar-refractivity contribution in [3.8, 4) is 0 Å². The Morgan fingerprint density at radius 1 is 1.08 bits per heavy atom. The van der Waals surface area contributed by atoms with Gasteiger partial charge in [-0.3, -0.25) is 4.79 Å². The molecule has 3 rings (SSSR count). The number of hydrogen-bond acceptors (Lipinski definition) is 3. The maximum atomic E-state index is 12.4. The van der Waals surface area contributed by atoms with E-state index < -0.39 is 0 Å². The van der Waals surface area contributed by atoms with Crippen LogP contribution in [-0.4, -0.2) is 11.1 Å². The van der Waals surface area contributed by atoms with E-state index in [1.54, 1.807) is 0 Å². The average molecular weight is 336 g/mol. The van der Waals surface area contributed by atoms with Crippen LogP contribution in [-0.2, 0) is 17.6 Å². The van der Waals surface area contributed by atoms with Crippen molar-refractivity contribution >= 4 is 16.9 Å². The molecule has 25 heavy (non-hydrogen) atoms. The van der Waals surface area contributed by atoms with E-state index in [1.165, 1.54) is 5.56 Å². The second-order valence-corrected chi connectivity index (χ2v) is 6.93. The van der Waals surface area contributed by atoms with E-state index in [4.69, 9.17) is 4.52 Å². The Morgan fingerprint density at radius 3 is 2.52 bits per heavy atom. The van der Waals surface area contributed by atoms with Gasteiger partial charge in [0.15, 0.2) is 5.58 Å². The summed E-state index contributed by atoms with van der Waals surface area (Å²) in [5, 5.41) is 7.95. The number of nitrogens with one attached hydrogen (secondary N) is 1. The molecule has 4 nitrogen and oxygen atoms in total. The first-order valence-corrected chi connectivity index (χ1v) is 8.74. The summed E-state index contributed by atoms with van der Waals surface area (Å²) in [5.74, 6) is 0.582. The highest BCUT2D eigenvalue weighted by atomic mass is 16.5. The summed E-state index contributed by atoms with van der Waals surface area (Å²) in [6, 6.07) is 16.0. The lowest BCUT2D eigenvalue weighted by Crippen LogP contribution is -2.28. The second kappa shape index (κ2) is 7.51. The largest absolute Gasteiger partial charge is 0.356 e.